The number of nitrogens with one attached hydrogen (secondary N) is 1. The Bertz CT molecular complexity index is 457. The maximum absolute atomic E-state index is 8.42. The maximum atomic E-state index is 8.42. The van der Waals surface area contributed by atoms with Gasteiger partial charge in [0.15, 0.2) is 0 Å². The summed E-state index contributed by atoms with van der Waals surface area (Å²) < 4.78 is 0. The summed E-state index contributed by atoms with van der Waals surface area (Å²) in [7, 11) is 0. The number of oxime groups is 1. The Morgan fingerprint density at radius 2 is 2.31 bits per heavy atom. The van der Waals surface area contributed by atoms with Crippen molar-refractivity contribution in [1.29, 1.82) is 0 Å². The van der Waals surface area contributed by atoms with E-state index in [0.717, 1.165) is 16.5 Å². The van der Waals surface area contributed by atoms with E-state index in [1.54, 1.807) is 0 Å². The highest BCUT2D eigenvalue weighted by Gasteiger charge is 2.00. The molecule has 0 aliphatic heterocycles. The van der Waals surface area contributed by atoms with Crippen molar-refractivity contribution in [3.8, 4) is 0 Å². The molecule has 3 heteroatoms. The largest absolute Gasteiger partial charge is 0.411 e. The third-order valence-electron chi connectivity index (χ3n) is 2.07. The van der Waals surface area contributed by atoms with Crippen LogP contribution >= 0.6 is 0 Å². The molecular formula is C10H10N2O. The summed E-state index contributed by atoms with van der Waals surface area (Å²) in [6.07, 6.45) is 3.25. The van der Waals surface area contributed by atoms with Crippen LogP contribution < -0.4 is 0 Å². The molecule has 1 heterocycles. The van der Waals surface area contributed by atoms with Crippen LogP contribution in [0.5, 0.6) is 0 Å². The minimum Gasteiger partial charge on any atom is -0.411 e. The second-order valence-electron chi connectivity index (χ2n) is 3.04. The van der Waals surface area contributed by atoms with E-state index >= 15 is 0 Å². The van der Waals surface area contributed by atoms with Crippen LogP contribution in [0.2, 0.25) is 0 Å². The minimum atomic E-state index is 0.904. The van der Waals surface area contributed by atoms with Crippen LogP contribution in [0, 0.1) is 6.92 Å². The third kappa shape index (κ3) is 1.28. The van der Waals surface area contributed by atoms with Crippen LogP contribution in [0.15, 0.2) is 29.6 Å². The molecule has 2 aromatic rings. The molecule has 0 aliphatic rings. The van der Waals surface area contributed by atoms with Crippen molar-refractivity contribution in [2.24, 2.45) is 5.16 Å². The average Bonchev–Trinajstić information content (AvgIpc) is 2.49. The van der Waals surface area contributed by atoms with E-state index in [9.17, 15) is 0 Å². The molecule has 0 amide bonds. The molecule has 0 aliphatic carbocycles. The van der Waals surface area contributed by atoms with Gasteiger partial charge < -0.3 is 10.2 Å². The second-order valence-corrected chi connectivity index (χ2v) is 3.04. The van der Waals surface area contributed by atoms with Crippen molar-refractivity contribution in [2.75, 3.05) is 0 Å². The molecule has 66 valence electrons. The van der Waals surface area contributed by atoms with Crippen molar-refractivity contribution < 1.29 is 5.21 Å². The first-order valence-corrected chi connectivity index (χ1v) is 4.06. The fourth-order valence-corrected chi connectivity index (χ4v) is 1.43. The first-order valence-electron chi connectivity index (χ1n) is 4.06. The molecule has 1 aromatic heterocycles. The van der Waals surface area contributed by atoms with E-state index in [4.69, 9.17) is 5.21 Å². The standard InChI is InChI=1S/C10H10N2O/c1-7-2-3-10-9(4-7)8(5-11-10)6-12-13/h2-6,11,13H,1H3/b12-6-. The molecule has 2 rings (SSSR count). The van der Waals surface area contributed by atoms with Crippen molar-refractivity contribution >= 4 is 17.1 Å². The highest BCUT2D eigenvalue weighted by molar-refractivity contribution is 5.99. The average molecular weight is 174 g/mol. The Kier molecular flexibility index (Phi) is 1.77. The van der Waals surface area contributed by atoms with Crippen molar-refractivity contribution in [3.63, 3.8) is 0 Å². The third-order valence-corrected chi connectivity index (χ3v) is 2.07. The number of hydrogen-bond acceptors (Lipinski definition) is 2. The fraction of sp³-hybridized carbons (Fsp3) is 0.100. The van der Waals surface area contributed by atoms with E-state index in [-0.39, 0.29) is 0 Å². The molecule has 13 heavy (non-hydrogen) atoms. The predicted molar refractivity (Wildman–Crippen MR) is 52.4 cm³/mol. The highest BCUT2D eigenvalue weighted by Crippen LogP contribution is 2.17. The summed E-state index contributed by atoms with van der Waals surface area (Å²) in [5.74, 6) is 0. The number of benzene rings is 1. The summed E-state index contributed by atoms with van der Waals surface area (Å²) in [6, 6.07) is 6.11. The molecular weight excluding hydrogens is 164 g/mol. The first-order chi connectivity index (χ1) is 6.31. The van der Waals surface area contributed by atoms with Gasteiger partial charge >= 0.3 is 0 Å². The Balaban J connectivity index is 2.71. The second kappa shape index (κ2) is 2.94. The van der Waals surface area contributed by atoms with Gasteiger partial charge in [0.1, 0.15) is 0 Å². The van der Waals surface area contributed by atoms with Gasteiger partial charge in [0.25, 0.3) is 0 Å². The number of rotatable bonds is 1. The number of aromatic nitrogens is 1. The Labute approximate surface area is 75.7 Å². The lowest BCUT2D eigenvalue weighted by atomic mass is 10.1. The van der Waals surface area contributed by atoms with Gasteiger partial charge in [-0.3, -0.25) is 0 Å². The van der Waals surface area contributed by atoms with Gasteiger partial charge in [0, 0.05) is 22.7 Å². The normalized spacial score (nSPS) is 11.5. The van der Waals surface area contributed by atoms with E-state index in [1.165, 1.54) is 11.8 Å². The first kappa shape index (κ1) is 7.86. The van der Waals surface area contributed by atoms with Gasteiger partial charge in [-0.2, -0.15) is 0 Å². The number of hydrogen-bond donors (Lipinski definition) is 2. The van der Waals surface area contributed by atoms with E-state index in [0.29, 0.717) is 0 Å². The molecule has 0 atom stereocenters. The quantitative estimate of drug-likeness (QED) is 0.389. The van der Waals surface area contributed by atoms with Crippen LogP contribution in [-0.2, 0) is 0 Å². The van der Waals surface area contributed by atoms with Gasteiger partial charge in [-0.25, -0.2) is 0 Å². The number of fused-ring (bicyclic) bond motifs is 1. The molecule has 0 spiro atoms. The van der Waals surface area contributed by atoms with E-state index in [1.807, 2.05) is 25.3 Å². The van der Waals surface area contributed by atoms with Gasteiger partial charge in [-0.1, -0.05) is 16.8 Å². The van der Waals surface area contributed by atoms with Gasteiger partial charge in [-0.05, 0) is 19.1 Å². The summed E-state index contributed by atoms with van der Waals surface area (Å²) in [5, 5.41) is 12.5. The van der Waals surface area contributed by atoms with Gasteiger partial charge in [-0.15, -0.1) is 0 Å². The molecule has 0 bridgehead atoms. The molecule has 0 unspecified atom stereocenters. The molecule has 2 N–H and O–H groups in total. The smallest absolute Gasteiger partial charge is 0.0755 e. The Hall–Kier alpha value is -1.77. The van der Waals surface area contributed by atoms with Crippen LogP contribution in [0.1, 0.15) is 11.1 Å². The monoisotopic (exact) mass is 174 g/mol. The zero-order chi connectivity index (χ0) is 9.26. The topological polar surface area (TPSA) is 48.4 Å². The molecule has 0 saturated heterocycles. The number of aromatic amines is 1. The lowest BCUT2D eigenvalue weighted by Gasteiger charge is -1.93. The van der Waals surface area contributed by atoms with E-state index < -0.39 is 0 Å². The van der Waals surface area contributed by atoms with Crippen molar-refractivity contribution in [2.45, 2.75) is 6.92 Å². The number of aryl methyl sites for hydroxylation is 1. The SMILES string of the molecule is Cc1ccc2[nH]cc(/C=N\O)c2c1. The molecule has 3 nitrogen and oxygen atoms in total. The van der Waals surface area contributed by atoms with Crippen LogP contribution in [0.4, 0.5) is 0 Å². The molecule has 1 aromatic carbocycles. The van der Waals surface area contributed by atoms with Crippen LogP contribution in [0.3, 0.4) is 0 Å². The summed E-state index contributed by atoms with van der Waals surface area (Å²) in [4.78, 5) is 3.10. The van der Waals surface area contributed by atoms with Crippen molar-refractivity contribution in [1.82, 2.24) is 4.98 Å². The van der Waals surface area contributed by atoms with Crippen LogP contribution in [0.25, 0.3) is 10.9 Å². The predicted octanol–water partition coefficient (Wildman–Crippen LogP) is 2.28. The molecule has 0 fully saturated rings. The van der Waals surface area contributed by atoms with Crippen LogP contribution in [-0.4, -0.2) is 16.4 Å². The fourth-order valence-electron chi connectivity index (χ4n) is 1.43. The summed E-state index contributed by atoms with van der Waals surface area (Å²) >= 11 is 0. The number of nitrogens with zero attached hydrogens (tertiary/aromatic N) is 1. The summed E-state index contributed by atoms with van der Waals surface area (Å²) in [6.45, 7) is 2.03. The van der Waals surface area contributed by atoms with E-state index in [2.05, 4.69) is 16.2 Å². The highest BCUT2D eigenvalue weighted by atomic mass is 16.4. The minimum absolute atomic E-state index is 0.904. The zero-order valence-electron chi connectivity index (χ0n) is 7.28. The lowest BCUT2D eigenvalue weighted by Crippen LogP contribution is -1.77. The Morgan fingerprint density at radius 1 is 1.46 bits per heavy atom. The Morgan fingerprint density at radius 3 is 3.08 bits per heavy atom. The molecule has 0 radical (unpaired) electrons. The lowest BCUT2D eigenvalue weighted by molar-refractivity contribution is 0.322. The number of H-pyrrole nitrogens is 1. The van der Waals surface area contributed by atoms with Gasteiger partial charge in [0.05, 0.1) is 6.21 Å². The maximum Gasteiger partial charge on any atom is 0.0755 e. The molecule has 0 saturated carbocycles. The van der Waals surface area contributed by atoms with Crippen molar-refractivity contribution in [3.05, 3.63) is 35.5 Å². The summed E-state index contributed by atoms with van der Waals surface area (Å²) in [5.41, 5.74) is 3.15. The van der Waals surface area contributed by atoms with Gasteiger partial charge in [0.2, 0.25) is 0 Å². The zero-order valence-corrected chi connectivity index (χ0v) is 7.28.